The molecule has 2 aliphatic rings. The number of tetrazole rings is 1. The fourth-order valence-electron chi connectivity index (χ4n) is 3.94. The summed E-state index contributed by atoms with van der Waals surface area (Å²) in [4.78, 5) is 2.55. The van der Waals surface area contributed by atoms with Crippen molar-refractivity contribution in [1.29, 1.82) is 0 Å². The largest absolute Gasteiger partial charge is 0.371 e. The Morgan fingerprint density at radius 1 is 1.17 bits per heavy atom. The number of fused-ring (bicyclic) bond motifs is 1. The van der Waals surface area contributed by atoms with Gasteiger partial charge in [0, 0.05) is 31.2 Å². The number of aromatic nitrogens is 4. The third-order valence-electron chi connectivity index (χ3n) is 5.34. The molecule has 1 aromatic carbocycles. The Balaban J connectivity index is 1.20. The molecular formula is C18H26N6. The van der Waals surface area contributed by atoms with Crippen molar-refractivity contribution in [2.75, 3.05) is 24.5 Å². The molecule has 0 radical (unpaired) electrons. The third-order valence-corrected chi connectivity index (χ3v) is 5.34. The minimum atomic E-state index is 0.640. The van der Waals surface area contributed by atoms with Gasteiger partial charge in [-0.05, 0) is 68.3 Å². The molecule has 0 unspecified atom stereocenters. The first-order valence-electron chi connectivity index (χ1n) is 9.21. The van der Waals surface area contributed by atoms with Crippen LogP contribution in [0.5, 0.6) is 0 Å². The van der Waals surface area contributed by atoms with E-state index in [-0.39, 0.29) is 0 Å². The summed E-state index contributed by atoms with van der Waals surface area (Å²) in [5, 5.41) is 17.7. The van der Waals surface area contributed by atoms with E-state index in [1.807, 2.05) is 0 Å². The molecule has 2 N–H and O–H groups in total. The van der Waals surface area contributed by atoms with Gasteiger partial charge < -0.3 is 10.2 Å². The average Bonchev–Trinajstić information content (AvgIpc) is 3.30. The van der Waals surface area contributed by atoms with Crippen LogP contribution < -0.4 is 10.2 Å². The van der Waals surface area contributed by atoms with Gasteiger partial charge in [0.2, 0.25) is 0 Å². The summed E-state index contributed by atoms with van der Waals surface area (Å²) in [5.41, 5.74) is 4.57. The van der Waals surface area contributed by atoms with E-state index in [2.05, 4.69) is 49.0 Å². The van der Waals surface area contributed by atoms with E-state index in [1.54, 1.807) is 11.1 Å². The van der Waals surface area contributed by atoms with E-state index in [0.29, 0.717) is 6.04 Å². The smallest absolute Gasteiger partial charge is 0.174 e. The number of piperidine rings is 1. The Bertz CT molecular complexity index is 646. The average molecular weight is 326 g/mol. The Morgan fingerprint density at radius 2 is 2.04 bits per heavy atom. The van der Waals surface area contributed by atoms with Crippen LogP contribution in [0.25, 0.3) is 0 Å². The van der Waals surface area contributed by atoms with Gasteiger partial charge in [-0.1, -0.05) is 11.3 Å². The lowest BCUT2D eigenvalue weighted by molar-refractivity contribution is 0.412. The molecule has 1 aromatic heterocycles. The number of rotatable bonds is 6. The normalized spacial score (nSPS) is 18.1. The highest BCUT2D eigenvalue weighted by atomic mass is 15.5. The van der Waals surface area contributed by atoms with Crippen molar-refractivity contribution in [2.24, 2.45) is 0 Å². The number of hydrogen-bond acceptors (Lipinski definition) is 5. The number of aryl methyl sites for hydroxylation is 3. The maximum atomic E-state index is 3.99. The van der Waals surface area contributed by atoms with Crippen LogP contribution in [-0.2, 0) is 19.3 Å². The van der Waals surface area contributed by atoms with Crippen LogP contribution in [0.3, 0.4) is 0 Å². The minimum absolute atomic E-state index is 0.640. The summed E-state index contributed by atoms with van der Waals surface area (Å²) in [5.74, 6) is 0.809. The molecule has 0 bridgehead atoms. The topological polar surface area (TPSA) is 69.7 Å². The van der Waals surface area contributed by atoms with Crippen LogP contribution in [0.2, 0.25) is 0 Å². The quantitative estimate of drug-likeness (QED) is 0.793. The fraction of sp³-hybridized carbons (Fsp3) is 0.611. The minimum Gasteiger partial charge on any atom is -0.371 e. The zero-order valence-electron chi connectivity index (χ0n) is 14.2. The second-order valence-electron chi connectivity index (χ2n) is 6.95. The Kier molecular flexibility index (Phi) is 4.74. The zero-order valence-corrected chi connectivity index (χ0v) is 14.2. The van der Waals surface area contributed by atoms with E-state index < -0.39 is 0 Å². The third kappa shape index (κ3) is 3.59. The number of nitrogens with one attached hydrogen (secondary N) is 2. The Hall–Kier alpha value is -1.95. The monoisotopic (exact) mass is 326 g/mol. The van der Waals surface area contributed by atoms with Crippen molar-refractivity contribution in [3.63, 3.8) is 0 Å². The van der Waals surface area contributed by atoms with E-state index in [1.165, 1.54) is 37.8 Å². The second kappa shape index (κ2) is 7.30. The van der Waals surface area contributed by atoms with Gasteiger partial charge in [0.05, 0.1) is 0 Å². The lowest BCUT2D eigenvalue weighted by Crippen LogP contribution is -2.42. The number of nitrogens with zero attached hydrogens (tertiary/aromatic N) is 4. The fourth-order valence-corrected chi connectivity index (χ4v) is 3.94. The first kappa shape index (κ1) is 15.6. The summed E-state index contributed by atoms with van der Waals surface area (Å²) >= 11 is 0. The van der Waals surface area contributed by atoms with Crippen LogP contribution in [0.15, 0.2) is 18.2 Å². The number of H-pyrrole nitrogens is 1. The zero-order chi connectivity index (χ0) is 16.2. The Labute approximate surface area is 143 Å². The van der Waals surface area contributed by atoms with Crippen LogP contribution in [-0.4, -0.2) is 46.3 Å². The summed E-state index contributed by atoms with van der Waals surface area (Å²) < 4.78 is 0. The van der Waals surface area contributed by atoms with Gasteiger partial charge in [-0.15, -0.1) is 10.2 Å². The van der Waals surface area contributed by atoms with Crippen LogP contribution in [0.1, 0.15) is 42.6 Å². The molecule has 0 spiro atoms. The lowest BCUT2D eigenvalue weighted by Gasteiger charge is -2.34. The molecule has 1 aliphatic carbocycles. The molecule has 0 saturated carbocycles. The number of benzene rings is 1. The van der Waals surface area contributed by atoms with Gasteiger partial charge >= 0.3 is 0 Å². The van der Waals surface area contributed by atoms with Gasteiger partial charge in [0.15, 0.2) is 5.82 Å². The summed E-state index contributed by atoms with van der Waals surface area (Å²) in [6, 6.07) is 7.74. The molecule has 1 saturated heterocycles. The lowest BCUT2D eigenvalue weighted by atomic mass is 10.0. The van der Waals surface area contributed by atoms with Crippen LogP contribution in [0, 0.1) is 0 Å². The molecule has 1 fully saturated rings. The number of aromatic amines is 1. The molecule has 24 heavy (non-hydrogen) atoms. The molecule has 2 aromatic rings. The van der Waals surface area contributed by atoms with Gasteiger partial charge in [-0.3, -0.25) is 0 Å². The predicted octanol–water partition coefficient (Wildman–Crippen LogP) is 1.88. The summed E-state index contributed by atoms with van der Waals surface area (Å²) in [6.45, 7) is 3.33. The molecule has 0 atom stereocenters. The highest BCUT2D eigenvalue weighted by Crippen LogP contribution is 2.28. The molecule has 2 heterocycles. The summed E-state index contributed by atoms with van der Waals surface area (Å²) in [6.07, 6.45) is 8.25. The van der Waals surface area contributed by atoms with Gasteiger partial charge in [-0.25, -0.2) is 0 Å². The standard InChI is InChI=1S/C18H26N6/c1-3-14-6-7-17(13-15(14)4-1)24-11-8-16(9-12-24)19-10-2-5-18-20-22-23-21-18/h6-7,13,16,19H,1-5,8-12H2,(H,20,21,22,23). The highest BCUT2D eigenvalue weighted by Gasteiger charge is 2.20. The first-order valence-corrected chi connectivity index (χ1v) is 9.21. The SMILES string of the molecule is c1cc2c(cc1N1CCC(NCCCc3nn[nH]n3)CC1)CCC2. The highest BCUT2D eigenvalue weighted by molar-refractivity contribution is 5.52. The number of anilines is 1. The van der Waals surface area contributed by atoms with Crippen LogP contribution in [0.4, 0.5) is 5.69 Å². The van der Waals surface area contributed by atoms with Crippen molar-refractivity contribution < 1.29 is 0 Å². The van der Waals surface area contributed by atoms with E-state index in [4.69, 9.17) is 0 Å². The molecule has 6 heteroatoms. The molecular weight excluding hydrogens is 300 g/mol. The maximum absolute atomic E-state index is 3.99. The molecule has 1 aliphatic heterocycles. The van der Waals surface area contributed by atoms with E-state index in [0.717, 1.165) is 38.3 Å². The second-order valence-corrected chi connectivity index (χ2v) is 6.95. The van der Waals surface area contributed by atoms with E-state index >= 15 is 0 Å². The van der Waals surface area contributed by atoms with Gasteiger partial charge in [0.25, 0.3) is 0 Å². The predicted molar refractivity (Wildman–Crippen MR) is 94.2 cm³/mol. The van der Waals surface area contributed by atoms with Crippen molar-refractivity contribution >= 4 is 5.69 Å². The van der Waals surface area contributed by atoms with Crippen molar-refractivity contribution in [2.45, 2.75) is 51.0 Å². The molecule has 6 nitrogen and oxygen atoms in total. The summed E-state index contributed by atoms with van der Waals surface area (Å²) in [7, 11) is 0. The van der Waals surface area contributed by atoms with Gasteiger partial charge in [0.1, 0.15) is 0 Å². The van der Waals surface area contributed by atoms with Crippen molar-refractivity contribution in [3.05, 3.63) is 35.2 Å². The van der Waals surface area contributed by atoms with Crippen LogP contribution >= 0.6 is 0 Å². The molecule has 0 amide bonds. The van der Waals surface area contributed by atoms with Gasteiger partial charge in [-0.2, -0.15) is 5.21 Å². The van der Waals surface area contributed by atoms with Crippen molar-refractivity contribution in [3.8, 4) is 0 Å². The molecule has 128 valence electrons. The van der Waals surface area contributed by atoms with Crippen molar-refractivity contribution in [1.82, 2.24) is 25.9 Å². The number of hydrogen-bond donors (Lipinski definition) is 2. The molecule has 4 rings (SSSR count). The van der Waals surface area contributed by atoms with E-state index in [9.17, 15) is 0 Å². The first-order chi connectivity index (χ1) is 11.9. The maximum Gasteiger partial charge on any atom is 0.174 e. The Morgan fingerprint density at radius 3 is 2.88 bits per heavy atom.